The first kappa shape index (κ1) is 23.4. The van der Waals surface area contributed by atoms with Crippen LogP contribution in [0, 0.1) is 0 Å². The Morgan fingerprint density at radius 3 is 2.12 bits per heavy atom. The van der Waals surface area contributed by atoms with Crippen LogP contribution in [0.5, 0.6) is 0 Å². The lowest BCUT2D eigenvalue weighted by atomic mass is 10.4. The second-order valence-corrected chi connectivity index (χ2v) is 7.80. The van der Waals surface area contributed by atoms with Gasteiger partial charge in [-0.3, -0.25) is 5.43 Å². The van der Waals surface area contributed by atoms with E-state index in [-0.39, 0.29) is 5.97 Å². The van der Waals surface area contributed by atoms with Crippen molar-refractivity contribution in [1.82, 2.24) is 21.0 Å². The molecule has 0 aliphatic rings. The van der Waals surface area contributed by atoms with Crippen LogP contribution in [-0.4, -0.2) is 80.4 Å². The highest BCUT2D eigenvalue weighted by molar-refractivity contribution is 8.76. The van der Waals surface area contributed by atoms with Gasteiger partial charge in [-0.2, -0.15) is 0 Å². The van der Waals surface area contributed by atoms with Crippen LogP contribution in [0.3, 0.4) is 0 Å². The van der Waals surface area contributed by atoms with Gasteiger partial charge in [0.15, 0.2) is 0 Å². The summed E-state index contributed by atoms with van der Waals surface area (Å²) in [6.07, 6.45) is 0.938. The Morgan fingerprint density at radius 1 is 1.04 bits per heavy atom. The number of rotatable bonds is 13. The Balaban J connectivity index is 4.20. The second-order valence-electron chi connectivity index (χ2n) is 5.24. The molecule has 0 aliphatic carbocycles. The van der Waals surface area contributed by atoms with Crippen LogP contribution in [0.15, 0.2) is 0 Å². The largest absolute Gasteiger partial charge is 0.367 e. The molecule has 0 spiro atoms. The monoisotopic (exact) mass is 383 g/mol. The Morgan fingerprint density at radius 2 is 1.58 bits per heavy atom. The molecule has 24 heavy (non-hydrogen) atoms. The molecule has 0 aromatic rings. The number of nitrogens with two attached hydrogens (primary N) is 1. The summed E-state index contributed by atoms with van der Waals surface area (Å²) in [4.78, 5) is 33.5. The molecule has 0 fully saturated rings. The van der Waals surface area contributed by atoms with Crippen molar-refractivity contribution in [2.75, 3.05) is 46.2 Å². The molecule has 4 N–H and O–H groups in total. The molecule has 0 aromatic carbocycles. The Labute approximate surface area is 151 Å². The zero-order valence-corrected chi connectivity index (χ0v) is 16.5. The van der Waals surface area contributed by atoms with Gasteiger partial charge in [0.05, 0.1) is 0 Å². The summed E-state index contributed by atoms with van der Waals surface area (Å²) in [6, 6.07) is -1.23. The van der Waals surface area contributed by atoms with E-state index in [1.54, 1.807) is 28.2 Å². The second kappa shape index (κ2) is 13.7. The van der Waals surface area contributed by atoms with Crippen LogP contribution in [0.1, 0.15) is 13.3 Å². The molecule has 0 rings (SSSR count). The van der Waals surface area contributed by atoms with Crippen LogP contribution in [0.25, 0.3) is 0 Å². The summed E-state index contributed by atoms with van der Waals surface area (Å²) < 4.78 is 0. The average Bonchev–Trinajstić information content (AvgIpc) is 2.47. The number of hydrogen-bond donors (Lipinski definition) is 3. The minimum atomic E-state index is -0.719. The Kier molecular flexibility index (Phi) is 13.4. The Hall–Kier alpha value is -0.560. The van der Waals surface area contributed by atoms with E-state index in [0.29, 0.717) is 11.5 Å². The summed E-state index contributed by atoms with van der Waals surface area (Å²) in [6.45, 7) is 2.77. The fourth-order valence-electron chi connectivity index (χ4n) is 1.29. The van der Waals surface area contributed by atoms with E-state index in [9.17, 15) is 9.59 Å². The minimum absolute atomic E-state index is 0.381. The van der Waals surface area contributed by atoms with Gasteiger partial charge < -0.3 is 15.4 Å². The van der Waals surface area contributed by atoms with Crippen LogP contribution < -0.4 is 16.6 Å². The molecule has 9 nitrogen and oxygen atoms in total. The van der Waals surface area contributed by atoms with Gasteiger partial charge in [0.1, 0.15) is 12.1 Å². The molecule has 0 heterocycles. The van der Waals surface area contributed by atoms with Crippen molar-refractivity contribution in [3.8, 4) is 0 Å². The first-order valence-electron chi connectivity index (χ1n) is 7.54. The number of hydrazine groups is 1. The summed E-state index contributed by atoms with van der Waals surface area (Å²) in [5.74, 6) is -0.0222. The van der Waals surface area contributed by atoms with E-state index in [4.69, 9.17) is 15.4 Å². The highest BCUT2D eigenvalue weighted by Crippen LogP contribution is 2.23. The zero-order chi connectivity index (χ0) is 18.5. The molecule has 11 heteroatoms. The summed E-state index contributed by atoms with van der Waals surface area (Å²) in [7, 11) is 9.35. The Bertz CT molecular complexity index is 374. The molecule has 0 aliphatic heterocycles. The molecule has 2 atom stereocenters. The highest BCUT2D eigenvalue weighted by Gasteiger charge is 2.22. The topological polar surface area (TPSA) is 109 Å². The van der Waals surface area contributed by atoms with E-state index in [1.165, 1.54) is 31.7 Å². The molecule has 0 saturated heterocycles. The van der Waals surface area contributed by atoms with Gasteiger partial charge >= 0.3 is 11.9 Å². The van der Waals surface area contributed by atoms with Crippen LogP contribution >= 0.6 is 21.6 Å². The number of carbonyl (C=O) groups is 2. The van der Waals surface area contributed by atoms with Crippen molar-refractivity contribution in [2.24, 2.45) is 5.73 Å². The quantitative estimate of drug-likeness (QED) is 0.220. The number of hydrogen-bond acceptors (Lipinski definition) is 11. The van der Waals surface area contributed by atoms with Crippen molar-refractivity contribution in [2.45, 2.75) is 25.4 Å². The highest BCUT2D eigenvalue weighted by atomic mass is 33.1. The van der Waals surface area contributed by atoms with Gasteiger partial charge in [0.25, 0.3) is 0 Å². The minimum Gasteiger partial charge on any atom is -0.367 e. The van der Waals surface area contributed by atoms with Crippen molar-refractivity contribution in [3.63, 3.8) is 0 Å². The van der Waals surface area contributed by atoms with Gasteiger partial charge in [-0.15, -0.1) is 10.1 Å². The molecule has 0 radical (unpaired) electrons. The average molecular weight is 384 g/mol. The number of carbonyl (C=O) groups excluding carboxylic acids is 2. The summed E-state index contributed by atoms with van der Waals surface area (Å²) in [5, 5.41) is 2.65. The molecule has 0 aromatic heterocycles. The third kappa shape index (κ3) is 11.9. The molecular weight excluding hydrogens is 354 g/mol. The van der Waals surface area contributed by atoms with Crippen molar-refractivity contribution in [1.29, 1.82) is 0 Å². The predicted octanol–water partition coefficient (Wildman–Crippen LogP) is -0.392. The maximum absolute atomic E-state index is 12.0. The lowest BCUT2D eigenvalue weighted by molar-refractivity contribution is -0.181. The van der Waals surface area contributed by atoms with Gasteiger partial charge in [0.2, 0.25) is 0 Å². The maximum atomic E-state index is 12.0. The standard InChI is InChI=1S/C13H29N5O4S2/c1-6-7-15-16-11(13(20)22-18(4)5)9-24-23-8-10(14)12(19)21-17(2)3/h10-11,15-16H,6-9,14H2,1-5H3/t10?,11-/m0/s1. The number of nitrogens with zero attached hydrogens (tertiary/aromatic N) is 2. The lowest BCUT2D eigenvalue weighted by Gasteiger charge is -2.19. The lowest BCUT2D eigenvalue weighted by Crippen LogP contribution is -2.49. The summed E-state index contributed by atoms with van der Waals surface area (Å²) in [5.41, 5.74) is 11.7. The van der Waals surface area contributed by atoms with Crippen LogP contribution in [-0.2, 0) is 19.3 Å². The van der Waals surface area contributed by atoms with Crippen LogP contribution in [0.2, 0.25) is 0 Å². The van der Waals surface area contributed by atoms with Crippen molar-refractivity contribution >= 4 is 33.5 Å². The first-order chi connectivity index (χ1) is 11.3. The van der Waals surface area contributed by atoms with Gasteiger partial charge in [-0.05, 0) is 6.42 Å². The van der Waals surface area contributed by atoms with E-state index in [1.807, 2.05) is 6.92 Å². The zero-order valence-electron chi connectivity index (χ0n) is 14.9. The normalized spacial score (nSPS) is 13.8. The molecule has 1 unspecified atom stereocenters. The first-order valence-corrected chi connectivity index (χ1v) is 10.0. The third-order valence-corrected chi connectivity index (χ3v) is 4.80. The maximum Gasteiger partial charge on any atom is 0.344 e. The fourth-order valence-corrected chi connectivity index (χ4v) is 3.54. The molecule has 0 amide bonds. The SMILES string of the molecule is CCCNN[C@@H](CSSCC(N)C(=O)ON(C)C)C(=O)ON(C)C. The molecule has 142 valence electrons. The van der Waals surface area contributed by atoms with Crippen molar-refractivity contribution < 1.29 is 19.3 Å². The van der Waals surface area contributed by atoms with Gasteiger partial charge in [-0.25, -0.2) is 15.0 Å². The van der Waals surface area contributed by atoms with Gasteiger partial charge in [-0.1, -0.05) is 28.5 Å². The van der Waals surface area contributed by atoms with E-state index in [0.717, 1.165) is 13.0 Å². The smallest absolute Gasteiger partial charge is 0.344 e. The summed E-state index contributed by atoms with van der Waals surface area (Å²) >= 11 is 0. The van der Waals surface area contributed by atoms with E-state index in [2.05, 4.69) is 10.9 Å². The molecule has 0 saturated carbocycles. The molecule has 0 bridgehead atoms. The number of nitrogens with one attached hydrogen (secondary N) is 2. The fraction of sp³-hybridized carbons (Fsp3) is 0.846. The molecular formula is C13H29N5O4S2. The van der Waals surface area contributed by atoms with Crippen molar-refractivity contribution in [3.05, 3.63) is 0 Å². The van der Waals surface area contributed by atoms with Gasteiger partial charge in [0, 0.05) is 46.2 Å². The van der Waals surface area contributed by atoms with Crippen LogP contribution in [0.4, 0.5) is 0 Å². The predicted molar refractivity (Wildman–Crippen MR) is 97.7 cm³/mol. The van der Waals surface area contributed by atoms with E-state index >= 15 is 0 Å². The van der Waals surface area contributed by atoms with E-state index < -0.39 is 18.1 Å². The third-order valence-electron chi connectivity index (χ3n) is 2.35. The number of hydroxylamine groups is 4.